The number of methoxy groups -OCH3 is 1. The number of ether oxygens (including phenoxy) is 1. The van der Waals surface area contributed by atoms with E-state index in [1.807, 2.05) is 46.7 Å². The summed E-state index contributed by atoms with van der Waals surface area (Å²) < 4.78 is 6.94. The van der Waals surface area contributed by atoms with E-state index < -0.39 is 0 Å². The van der Waals surface area contributed by atoms with E-state index in [0.29, 0.717) is 19.5 Å². The number of hydrogen-bond acceptors (Lipinski definition) is 5. The predicted octanol–water partition coefficient (Wildman–Crippen LogP) is 3.39. The minimum absolute atomic E-state index is 0.0118. The van der Waals surface area contributed by atoms with Crippen molar-refractivity contribution in [1.29, 1.82) is 0 Å². The Bertz CT molecular complexity index is 1040. The summed E-state index contributed by atoms with van der Waals surface area (Å²) in [7, 11) is 1.61. The predicted molar refractivity (Wildman–Crippen MR) is 113 cm³/mol. The normalized spacial score (nSPS) is 14.7. The first-order valence-electron chi connectivity index (χ1n) is 9.69. The van der Waals surface area contributed by atoms with Crippen LogP contribution in [0.15, 0.2) is 58.7 Å². The highest BCUT2D eigenvalue weighted by Crippen LogP contribution is 2.25. The van der Waals surface area contributed by atoms with E-state index in [1.165, 1.54) is 0 Å². The van der Waals surface area contributed by atoms with Gasteiger partial charge in [-0.05, 0) is 36.4 Å². The Morgan fingerprint density at radius 2 is 1.93 bits per heavy atom. The zero-order valence-electron chi connectivity index (χ0n) is 16.3. The third kappa shape index (κ3) is 4.24. The molecule has 0 spiro atoms. The number of piperidine rings is 1. The van der Waals surface area contributed by atoms with Gasteiger partial charge in [0.2, 0.25) is 5.91 Å². The monoisotopic (exact) mass is 409 g/mol. The maximum Gasteiger partial charge on any atom is 0.267 e. The van der Waals surface area contributed by atoms with Crippen molar-refractivity contribution < 1.29 is 9.53 Å². The van der Waals surface area contributed by atoms with Gasteiger partial charge in [0.15, 0.2) is 0 Å². The van der Waals surface area contributed by atoms with E-state index in [0.717, 1.165) is 34.7 Å². The Labute approximate surface area is 173 Å². The first-order valence-corrected chi connectivity index (χ1v) is 10.6. The minimum Gasteiger partial charge on any atom is -0.496 e. The molecule has 3 heterocycles. The fourth-order valence-electron chi connectivity index (χ4n) is 3.73. The smallest absolute Gasteiger partial charge is 0.267 e. The van der Waals surface area contributed by atoms with Gasteiger partial charge in [-0.15, -0.1) is 11.3 Å². The van der Waals surface area contributed by atoms with Crippen LogP contribution >= 0.6 is 11.3 Å². The van der Waals surface area contributed by atoms with Crippen molar-refractivity contribution in [3.63, 3.8) is 0 Å². The van der Waals surface area contributed by atoms with Crippen LogP contribution in [0, 0.1) is 0 Å². The van der Waals surface area contributed by atoms with Crippen molar-refractivity contribution in [2.75, 3.05) is 20.2 Å². The van der Waals surface area contributed by atoms with Crippen LogP contribution in [-0.2, 0) is 11.2 Å². The second-order valence-corrected chi connectivity index (χ2v) is 8.03. The molecule has 1 aliphatic rings. The summed E-state index contributed by atoms with van der Waals surface area (Å²) in [5, 5.41) is 6.59. The van der Waals surface area contributed by atoms with E-state index in [-0.39, 0.29) is 17.5 Å². The summed E-state index contributed by atoms with van der Waals surface area (Å²) >= 11 is 1.60. The summed E-state index contributed by atoms with van der Waals surface area (Å²) in [6, 6.07) is 14.9. The number of hydrogen-bond donors (Lipinski definition) is 0. The van der Waals surface area contributed by atoms with Gasteiger partial charge < -0.3 is 9.64 Å². The number of amides is 1. The number of aromatic nitrogens is 2. The minimum atomic E-state index is -0.0934. The first kappa shape index (κ1) is 19.4. The fraction of sp³-hybridized carbons (Fsp3) is 0.318. The summed E-state index contributed by atoms with van der Waals surface area (Å²) in [5.41, 5.74) is 1.61. The third-order valence-corrected chi connectivity index (χ3v) is 6.19. The average Bonchev–Trinajstić information content (AvgIpc) is 3.29. The van der Waals surface area contributed by atoms with Crippen LogP contribution < -0.4 is 10.3 Å². The van der Waals surface area contributed by atoms with E-state index in [9.17, 15) is 9.59 Å². The molecule has 1 amide bonds. The van der Waals surface area contributed by atoms with Crippen molar-refractivity contribution >= 4 is 17.2 Å². The molecule has 7 heteroatoms. The molecule has 6 nitrogen and oxygen atoms in total. The number of carbonyl (C=O) groups is 1. The van der Waals surface area contributed by atoms with Crippen LogP contribution in [0.5, 0.6) is 5.75 Å². The zero-order chi connectivity index (χ0) is 20.2. The highest BCUT2D eigenvalue weighted by molar-refractivity contribution is 7.13. The summed E-state index contributed by atoms with van der Waals surface area (Å²) in [6.45, 7) is 1.24. The molecule has 2 aromatic heterocycles. The molecule has 0 N–H and O–H groups in total. The molecule has 0 unspecified atom stereocenters. The maximum absolute atomic E-state index is 12.7. The summed E-state index contributed by atoms with van der Waals surface area (Å²) in [5.74, 6) is 0.817. The lowest BCUT2D eigenvalue weighted by molar-refractivity contribution is -0.131. The molecule has 29 heavy (non-hydrogen) atoms. The Morgan fingerprint density at radius 1 is 1.14 bits per heavy atom. The van der Waals surface area contributed by atoms with E-state index in [1.54, 1.807) is 35.3 Å². The quantitative estimate of drug-likeness (QED) is 0.648. The number of thiophene rings is 1. The maximum atomic E-state index is 12.7. The number of likely N-dealkylation sites (tertiary alicyclic amines) is 1. The van der Waals surface area contributed by atoms with Crippen molar-refractivity contribution in [3.05, 3.63) is 69.8 Å². The van der Waals surface area contributed by atoms with Crippen molar-refractivity contribution in [2.24, 2.45) is 0 Å². The fourth-order valence-corrected chi connectivity index (χ4v) is 4.42. The molecule has 1 saturated heterocycles. The summed E-state index contributed by atoms with van der Waals surface area (Å²) in [4.78, 5) is 28.0. The molecule has 0 bridgehead atoms. The van der Waals surface area contributed by atoms with Gasteiger partial charge in [0.1, 0.15) is 11.4 Å². The molecule has 0 atom stereocenters. The van der Waals surface area contributed by atoms with Crippen LogP contribution in [0.2, 0.25) is 0 Å². The highest BCUT2D eigenvalue weighted by Gasteiger charge is 2.25. The molecule has 1 aromatic carbocycles. The molecule has 0 radical (unpaired) electrons. The van der Waals surface area contributed by atoms with Crippen molar-refractivity contribution in [1.82, 2.24) is 14.7 Å². The van der Waals surface area contributed by atoms with Crippen molar-refractivity contribution in [2.45, 2.75) is 25.3 Å². The number of benzene rings is 1. The number of rotatable bonds is 5. The van der Waals surface area contributed by atoms with Gasteiger partial charge in [0, 0.05) is 24.7 Å². The molecular formula is C22H23N3O3S. The average molecular weight is 410 g/mol. The van der Waals surface area contributed by atoms with Gasteiger partial charge in [-0.2, -0.15) is 5.10 Å². The summed E-state index contributed by atoms with van der Waals surface area (Å²) in [6.07, 6.45) is 1.76. The molecule has 0 aliphatic carbocycles. The molecule has 1 fully saturated rings. The molecular weight excluding hydrogens is 386 g/mol. The highest BCUT2D eigenvalue weighted by atomic mass is 32.1. The lowest BCUT2D eigenvalue weighted by Crippen LogP contribution is -2.42. The number of nitrogens with zero attached hydrogens (tertiary/aromatic N) is 3. The Balaban J connectivity index is 1.42. The number of carbonyl (C=O) groups excluding carboxylic acids is 1. The second-order valence-electron chi connectivity index (χ2n) is 7.08. The molecule has 0 saturated carbocycles. The van der Waals surface area contributed by atoms with Crippen LogP contribution in [-0.4, -0.2) is 40.8 Å². The third-order valence-electron chi connectivity index (χ3n) is 5.30. The van der Waals surface area contributed by atoms with Crippen molar-refractivity contribution in [3.8, 4) is 16.3 Å². The topological polar surface area (TPSA) is 64.4 Å². The van der Waals surface area contributed by atoms with Crippen LogP contribution in [0.1, 0.15) is 24.4 Å². The first-order chi connectivity index (χ1) is 14.2. The molecule has 3 aromatic rings. The lowest BCUT2D eigenvalue weighted by atomic mass is 10.0. The SMILES string of the molecule is COc1ccccc1CC(=O)N1CCC(n2nc(-c3cccs3)ccc2=O)CC1. The molecule has 150 valence electrons. The molecule has 4 rings (SSSR count). The molecule has 1 aliphatic heterocycles. The largest absolute Gasteiger partial charge is 0.496 e. The standard InChI is InChI=1S/C22H23N3O3S/c1-28-19-6-3-2-5-16(19)15-22(27)24-12-10-17(11-13-24)25-21(26)9-8-18(23-25)20-7-4-14-29-20/h2-9,14,17H,10-13,15H2,1H3. The van der Waals surface area contributed by atoms with Gasteiger partial charge in [0.25, 0.3) is 5.56 Å². The second kappa shape index (κ2) is 8.61. The number of para-hydroxylation sites is 1. The zero-order valence-corrected chi connectivity index (χ0v) is 17.1. The van der Waals surface area contributed by atoms with Gasteiger partial charge >= 0.3 is 0 Å². The van der Waals surface area contributed by atoms with Crippen LogP contribution in [0.25, 0.3) is 10.6 Å². The Kier molecular flexibility index (Phi) is 5.76. The van der Waals surface area contributed by atoms with E-state index in [4.69, 9.17) is 4.74 Å². The Hall–Kier alpha value is -2.93. The van der Waals surface area contributed by atoms with Gasteiger partial charge in [-0.25, -0.2) is 4.68 Å². The van der Waals surface area contributed by atoms with Crippen LogP contribution in [0.3, 0.4) is 0 Å². The van der Waals surface area contributed by atoms with Gasteiger partial charge in [-0.3, -0.25) is 9.59 Å². The van der Waals surface area contributed by atoms with E-state index >= 15 is 0 Å². The van der Waals surface area contributed by atoms with Gasteiger partial charge in [0.05, 0.1) is 24.4 Å². The Morgan fingerprint density at radius 3 is 2.66 bits per heavy atom. The lowest BCUT2D eigenvalue weighted by Gasteiger charge is -2.32. The van der Waals surface area contributed by atoms with E-state index in [2.05, 4.69) is 5.10 Å². The van der Waals surface area contributed by atoms with Crippen LogP contribution in [0.4, 0.5) is 0 Å². The van der Waals surface area contributed by atoms with Gasteiger partial charge in [-0.1, -0.05) is 24.3 Å².